The smallest absolute Gasteiger partial charge is 0.258 e. The van der Waals surface area contributed by atoms with Crippen molar-refractivity contribution in [2.75, 3.05) is 6.61 Å². The number of amides is 1. The van der Waals surface area contributed by atoms with Gasteiger partial charge in [-0.05, 0) is 50.8 Å². The molecule has 0 radical (unpaired) electrons. The lowest BCUT2D eigenvalue weighted by atomic mass is 10.1. The topological polar surface area (TPSA) is 38.3 Å². The fourth-order valence-electron chi connectivity index (χ4n) is 2.52. The van der Waals surface area contributed by atoms with Crippen LogP contribution in [0.25, 0.3) is 10.8 Å². The Bertz CT molecular complexity index is 876. The molecule has 0 atom stereocenters. The highest BCUT2D eigenvalue weighted by Gasteiger charge is 2.09. The van der Waals surface area contributed by atoms with E-state index in [9.17, 15) is 4.79 Å². The molecule has 24 heavy (non-hydrogen) atoms. The van der Waals surface area contributed by atoms with E-state index in [0.29, 0.717) is 12.3 Å². The van der Waals surface area contributed by atoms with Crippen LogP contribution < -0.4 is 10.1 Å². The second-order valence-electron chi connectivity index (χ2n) is 5.59. The van der Waals surface area contributed by atoms with Gasteiger partial charge in [0, 0.05) is 6.54 Å². The summed E-state index contributed by atoms with van der Waals surface area (Å²) in [6.45, 7) is 2.53. The van der Waals surface area contributed by atoms with Gasteiger partial charge in [-0.15, -0.1) is 0 Å². The maximum absolute atomic E-state index is 12.0. The number of carbonyl (C=O) groups excluding carboxylic acids is 1. The monoisotopic (exact) mass is 383 g/mol. The third kappa shape index (κ3) is 3.77. The second-order valence-corrected chi connectivity index (χ2v) is 6.38. The quantitative estimate of drug-likeness (QED) is 0.698. The molecule has 1 N–H and O–H groups in total. The van der Waals surface area contributed by atoms with E-state index in [1.54, 1.807) is 0 Å². The molecular formula is C20H18BrNO2. The fraction of sp³-hybridized carbons (Fsp3) is 0.150. The molecule has 0 aromatic heterocycles. The number of fused-ring (bicyclic) bond motifs is 1. The molecule has 0 spiro atoms. The number of rotatable bonds is 5. The third-order valence-electron chi connectivity index (χ3n) is 3.92. The highest BCUT2D eigenvalue weighted by atomic mass is 79.9. The van der Waals surface area contributed by atoms with Crippen molar-refractivity contribution in [2.45, 2.75) is 13.5 Å². The molecule has 4 heteroatoms. The molecule has 0 aliphatic heterocycles. The van der Waals surface area contributed by atoms with Crippen molar-refractivity contribution >= 4 is 32.6 Å². The number of aryl methyl sites for hydroxylation is 1. The maximum atomic E-state index is 12.0. The third-order valence-corrected chi connectivity index (χ3v) is 4.74. The Balaban J connectivity index is 1.60. The van der Waals surface area contributed by atoms with Crippen LogP contribution in [0.4, 0.5) is 0 Å². The van der Waals surface area contributed by atoms with Crippen LogP contribution in [0.3, 0.4) is 0 Å². The standard InChI is InChI=1S/C20H18BrNO2/c1-14-6-2-3-8-16(14)12-22-19(23)13-24-18-11-10-15-7-4-5-9-17(15)20(18)21/h2-11H,12-13H2,1H3,(H,22,23). The lowest BCUT2D eigenvalue weighted by Crippen LogP contribution is -2.28. The molecule has 3 rings (SSSR count). The van der Waals surface area contributed by atoms with E-state index in [1.807, 2.05) is 67.6 Å². The van der Waals surface area contributed by atoms with Crippen LogP contribution in [-0.2, 0) is 11.3 Å². The average molecular weight is 384 g/mol. The van der Waals surface area contributed by atoms with Crippen molar-refractivity contribution in [3.05, 3.63) is 76.3 Å². The van der Waals surface area contributed by atoms with Crippen molar-refractivity contribution in [3.8, 4) is 5.75 Å². The largest absolute Gasteiger partial charge is 0.483 e. The van der Waals surface area contributed by atoms with Gasteiger partial charge in [0.15, 0.2) is 6.61 Å². The summed E-state index contributed by atoms with van der Waals surface area (Å²) in [5, 5.41) is 5.08. The summed E-state index contributed by atoms with van der Waals surface area (Å²) >= 11 is 3.56. The highest BCUT2D eigenvalue weighted by molar-refractivity contribution is 9.10. The molecule has 3 nitrogen and oxygen atoms in total. The first-order valence-corrected chi connectivity index (χ1v) is 8.55. The van der Waals surface area contributed by atoms with E-state index in [-0.39, 0.29) is 12.5 Å². The van der Waals surface area contributed by atoms with Crippen LogP contribution in [0.15, 0.2) is 65.1 Å². The molecule has 0 saturated heterocycles. The van der Waals surface area contributed by atoms with E-state index in [1.165, 1.54) is 0 Å². The molecular weight excluding hydrogens is 366 g/mol. The van der Waals surface area contributed by atoms with Crippen LogP contribution in [0.5, 0.6) is 5.75 Å². The Labute approximate surface area is 149 Å². The summed E-state index contributed by atoms with van der Waals surface area (Å²) in [6, 6.07) is 19.9. The Hall–Kier alpha value is -2.33. The van der Waals surface area contributed by atoms with Gasteiger partial charge in [-0.2, -0.15) is 0 Å². The van der Waals surface area contributed by atoms with E-state index in [0.717, 1.165) is 26.4 Å². The van der Waals surface area contributed by atoms with Crippen LogP contribution >= 0.6 is 15.9 Å². The second kappa shape index (κ2) is 7.49. The van der Waals surface area contributed by atoms with Crippen LogP contribution in [0, 0.1) is 6.92 Å². The first-order chi connectivity index (χ1) is 11.6. The van der Waals surface area contributed by atoms with Crippen LogP contribution in [-0.4, -0.2) is 12.5 Å². The SMILES string of the molecule is Cc1ccccc1CNC(=O)COc1ccc2ccccc2c1Br. The minimum absolute atomic E-state index is 0.0111. The van der Waals surface area contributed by atoms with Crippen LogP contribution in [0.2, 0.25) is 0 Å². The van der Waals surface area contributed by atoms with Crippen molar-refractivity contribution in [3.63, 3.8) is 0 Å². The molecule has 1 amide bonds. The summed E-state index contributed by atoms with van der Waals surface area (Å²) in [6.07, 6.45) is 0. The molecule has 0 fully saturated rings. The van der Waals surface area contributed by atoms with Crippen molar-refractivity contribution in [1.29, 1.82) is 0 Å². The van der Waals surface area contributed by atoms with Gasteiger partial charge in [-0.25, -0.2) is 0 Å². The molecule has 0 saturated carbocycles. The molecule has 0 unspecified atom stereocenters. The van der Waals surface area contributed by atoms with Gasteiger partial charge in [0.05, 0.1) is 4.47 Å². The van der Waals surface area contributed by atoms with E-state index < -0.39 is 0 Å². The van der Waals surface area contributed by atoms with E-state index >= 15 is 0 Å². The van der Waals surface area contributed by atoms with Gasteiger partial charge >= 0.3 is 0 Å². The number of nitrogens with one attached hydrogen (secondary N) is 1. The maximum Gasteiger partial charge on any atom is 0.258 e. The van der Waals surface area contributed by atoms with Crippen molar-refractivity contribution in [1.82, 2.24) is 5.32 Å². The lowest BCUT2D eigenvalue weighted by Gasteiger charge is -2.11. The molecule has 0 heterocycles. The first-order valence-electron chi connectivity index (χ1n) is 7.76. The summed E-state index contributed by atoms with van der Waals surface area (Å²) in [5.41, 5.74) is 2.27. The molecule has 122 valence electrons. The van der Waals surface area contributed by atoms with E-state index in [2.05, 4.69) is 21.2 Å². The molecule has 0 aliphatic rings. The number of carbonyl (C=O) groups is 1. The van der Waals surface area contributed by atoms with Crippen molar-refractivity contribution < 1.29 is 9.53 Å². The Morgan fingerprint density at radius 1 is 1.04 bits per heavy atom. The Morgan fingerprint density at radius 2 is 1.79 bits per heavy atom. The normalized spacial score (nSPS) is 10.6. The van der Waals surface area contributed by atoms with Crippen molar-refractivity contribution in [2.24, 2.45) is 0 Å². The summed E-state index contributed by atoms with van der Waals surface area (Å²) < 4.78 is 6.53. The number of hydrogen-bond acceptors (Lipinski definition) is 2. The number of benzene rings is 3. The van der Waals surface area contributed by atoms with Gasteiger partial charge < -0.3 is 10.1 Å². The van der Waals surface area contributed by atoms with Gasteiger partial charge in [-0.3, -0.25) is 4.79 Å². The minimum Gasteiger partial charge on any atom is -0.483 e. The number of ether oxygens (including phenoxy) is 1. The zero-order valence-electron chi connectivity index (χ0n) is 13.4. The zero-order valence-corrected chi connectivity index (χ0v) is 15.0. The van der Waals surface area contributed by atoms with E-state index in [4.69, 9.17) is 4.74 Å². The Morgan fingerprint density at radius 3 is 2.62 bits per heavy atom. The van der Waals surface area contributed by atoms with Gasteiger partial charge in [0.25, 0.3) is 5.91 Å². The van der Waals surface area contributed by atoms with Gasteiger partial charge in [0.2, 0.25) is 0 Å². The predicted molar refractivity (Wildman–Crippen MR) is 100 cm³/mol. The minimum atomic E-state index is -0.140. The zero-order chi connectivity index (χ0) is 16.9. The number of halogens is 1. The predicted octanol–water partition coefficient (Wildman–Crippen LogP) is 4.61. The van der Waals surface area contributed by atoms with Crippen LogP contribution in [0.1, 0.15) is 11.1 Å². The van der Waals surface area contributed by atoms with Gasteiger partial charge in [0.1, 0.15) is 5.75 Å². The molecule has 0 aliphatic carbocycles. The fourth-order valence-corrected chi connectivity index (χ4v) is 3.13. The first kappa shape index (κ1) is 16.5. The molecule has 0 bridgehead atoms. The highest BCUT2D eigenvalue weighted by Crippen LogP contribution is 2.32. The molecule has 3 aromatic carbocycles. The Kier molecular flexibility index (Phi) is 5.16. The molecule has 3 aromatic rings. The lowest BCUT2D eigenvalue weighted by molar-refractivity contribution is -0.123. The number of hydrogen-bond donors (Lipinski definition) is 1. The van der Waals surface area contributed by atoms with Gasteiger partial charge in [-0.1, -0.05) is 54.6 Å². The summed E-state index contributed by atoms with van der Waals surface area (Å²) in [4.78, 5) is 12.0. The average Bonchev–Trinajstić information content (AvgIpc) is 2.61. The summed E-state index contributed by atoms with van der Waals surface area (Å²) in [5.74, 6) is 0.526. The summed E-state index contributed by atoms with van der Waals surface area (Å²) in [7, 11) is 0.